The van der Waals surface area contributed by atoms with Crippen LogP contribution in [0.3, 0.4) is 0 Å². The van der Waals surface area contributed by atoms with Crippen LogP contribution in [-0.2, 0) is 22.4 Å². The van der Waals surface area contributed by atoms with Crippen molar-refractivity contribution in [3.8, 4) is 11.8 Å². The fraction of sp³-hybridized carbons (Fsp3) is 0.409. The number of hydrogen-bond acceptors (Lipinski definition) is 6. The molecule has 1 aliphatic rings. The number of rotatable bonds is 6. The van der Waals surface area contributed by atoms with E-state index in [1.807, 2.05) is 0 Å². The van der Waals surface area contributed by atoms with Gasteiger partial charge < -0.3 is 20.7 Å². The van der Waals surface area contributed by atoms with Gasteiger partial charge in [-0.1, -0.05) is 6.42 Å². The van der Waals surface area contributed by atoms with Crippen LogP contribution in [0.1, 0.15) is 49.1 Å². The number of nitrogens with one attached hydrogen (secondary N) is 3. The van der Waals surface area contributed by atoms with E-state index in [1.54, 1.807) is 32.2 Å². The second-order valence-corrected chi connectivity index (χ2v) is 8.44. The molecule has 0 fully saturated rings. The van der Waals surface area contributed by atoms with Crippen LogP contribution in [0.15, 0.2) is 18.2 Å². The van der Waals surface area contributed by atoms with Crippen LogP contribution < -0.4 is 20.7 Å². The van der Waals surface area contributed by atoms with Crippen LogP contribution in [0.2, 0.25) is 0 Å². The molecule has 1 atom stereocenters. The molecule has 1 aromatic heterocycles. The van der Waals surface area contributed by atoms with Crippen LogP contribution in [0.4, 0.5) is 16.4 Å². The van der Waals surface area contributed by atoms with Gasteiger partial charge in [-0.2, -0.15) is 5.26 Å². The largest absolute Gasteiger partial charge is 0.495 e. The molecular formula is C22H26N4O3S. The first-order chi connectivity index (χ1) is 14.4. The topological polar surface area (TPSA) is 103 Å². The number of nitrogens with zero attached hydrogens (tertiary/aromatic N) is 1. The van der Waals surface area contributed by atoms with Gasteiger partial charge in [-0.15, -0.1) is 11.3 Å². The zero-order valence-corrected chi connectivity index (χ0v) is 18.2. The number of nitriles is 1. The highest BCUT2D eigenvalue weighted by atomic mass is 32.1. The van der Waals surface area contributed by atoms with Crippen molar-refractivity contribution in [3.05, 3.63) is 34.2 Å². The van der Waals surface area contributed by atoms with Gasteiger partial charge in [0.05, 0.1) is 18.4 Å². The third-order valence-corrected chi connectivity index (χ3v) is 6.26. The molecule has 1 unspecified atom stereocenters. The number of ether oxygens (including phenoxy) is 1. The first-order valence-electron chi connectivity index (χ1n) is 10.0. The Morgan fingerprint density at radius 1 is 1.20 bits per heavy atom. The molecule has 0 spiro atoms. The van der Waals surface area contributed by atoms with E-state index in [2.05, 4.69) is 22.0 Å². The second-order valence-electron chi connectivity index (χ2n) is 7.33. The van der Waals surface area contributed by atoms with Gasteiger partial charge in [0.2, 0.25) is 11.8 Å². The zero-order chi connectivity index (χ0) is 21.7. The summed E-state index contributed by atoms with van der Waals surface area (Å²) in [6, 6.07) is 6.88. The van der Waals surface area contributed by atoms with Gasteiger partial charge in [0.25, 0.3) is 0 Å². The van der Waals surface area contributed by atoms with Gasteiger partial charge in [-0.05, 0) is 56.4 Å². The SMILES string of the molecule is COc1ccc(NC(C)=O)cc1NC(C)C(=O)Nc1sc2c(c1C#N)CCCCC2. The van der Waals surface area contributed by atoms with Crippen LogP contribution in [0, 0.1) is 11.3 Å². The van der Waals surface area contributed by atoms with E-state index in [0.717, 1.165) is 31.2 Å². The van der Waals surface area contributed by atoms with E-state index in [4.69, 9.17) is 4.74 Å². The van der Waals surface area contributed by atoms with Crippen molar-refractivity contribution in [1.29, 1.82) is 5.26 Å². The Morgan fingerprint density at radius 2 is 1.97 bits per heavy atom. The average molecular weight is 427 g/mol. The number of amides is 2. The van der Waals surface area contributed by atoms with Crippen molar-refractivity contribution in [2.45, 2.75) is 52.0 Å². The van der Waals surface area contributed by atoms with Crippen LogP contribution in [-0.4, -0.2) is 25.0 Å². The summed E-state index contributed by atoms with van der Waals surface area (Å²) >= 11 is 1.51. The lowest BCUT2D eigenvalue weighted by Gasteiger charge is -2.18. The Labute approximate surface area is 180 Å². The minimum Gasteiger partial charge on any atom is -0.495 e. The highest BCUT2D eigenvalue weighted by Gasteiger charge is 2.23. The molecule has 30 heavy (non-hydrogen) atoms. The highest BCUT2D eigenvalue weighted by Crippen LogP contribution is 2.37. The zero-order valence-electron chi connectivity index (χ0n) is 17.4. The van der Waals surface area contributed by atoms with Crippen molar-refractivity contribution in [2.75, 3.05) is 23.1 Å². The van der Waals surface area contributed by atoms with Crippen molar-refractivity contribution < 1.29 is 14.3 Å². The Bertz CT molecular complexity index is 993. The molecule has 1 aliphatic carbocycles. The number of anilines is 3. The summed E-state index contributed by atoms with van der Waals surface area (Å²) in [6.45, 7) is 3.17. The molecule has 2 amide bonds. The molecule has 1 heterocycles. The summed E-state index contributed by atoms with van der Waals surface area (Å²) in [5, 5.41) is 19.1. The standard InChI is InChI=1S/C22H26N4O3S/c1-13(24-18-11-15(25-14(2)27)9-10-19(18)29-3)21(28)26-22-17(12-23)16-7-5-4-6-8-20(16)30-22/h9-11,13,24H,4-8H2,1-3H3,(H,25,27)(H,26,28). The smallest absolute Gasteiger partial charge is 0.247 e. The van der Waals surface area contributed by atoms with Gasteiger partial charge in [-0.3, -0.25) is 9.59 Å². The lowest BCUT2D eigenvalue weighted by Crippen LogP contribution is -2.32. The minimum absolute atomic E-state index is 0.182. The van der Waals surface area contributed by atoms with Crippen molar-refractivity contribution >= 4 is 39.5 Å². The summed E-state index contributed by atoms with van der Waals surface area (Å²) < 4.78 is 5.36. The number of fused-ring (bicyclic) bond motifs is 1. The van der Waals surface area contributed by atoms with Crippen molar-refractivity contribution in [2.24, 2.45) is 0 Å². The maximum atomic E-state index is 12.8. The maximum Gasteiger partial charge on any atom is 0.247 e. The monoisotopic (exact) mass is 426 g/mol. The number of aryl methyl sites for hydroxylation is 1. The molecule has 1 aromatic carbocycles. The Kier molecular flexibility index (Phi) is 6.95. The quantitative estimate of drug-likeness (QED) is 0.598. The number of carbonyl (C=O) groups is 2. The van der Waals surface area contributed by atoms with E-state index in [1.165, 1.54) is 29.6 Å². The second kappa shape index (κ2) is 9.63. The molecule has 158 valence electrons. The van der Waals surface area contributed by atoms with Crippen molar-refractivity contribution in [3.63, 3.8) is 0 Å². The molecule has 8 heteroatoms. The maximum absolute atomic E-state index is 12.8. The molecule has 3 rings (SSSR count). The summed E-state index contributed by atoms with van der Waals surface area (Å²) in [5.74, 6) is 0.137. The van der Waals surface area contributed by atoms with Crippen LogP contribution in [0.25, 0.3) is 0 Å². The Balaban J connectivity index is 1.76. The summed E-state index contributed by atoms with van der Waals surface area (Å²) in [7, 11) is 1.54. The van der Waals surface area contributed by atoms with Gasteiger partial charge in [0.15, 0.2) is 0 Å². The molecule has 0 saturated heterocycles. The third kappa shape index (κ3) is 4.92. The molecule has 0 saturated carbocycles. The lowest BCUT2D eigenvalue weighted by atomic mass is 10.1. The first kappa shape index (κ1) is 21.7. The third-order valence-electron chi connectivity index (χ3n) is 5.05. The van der Waals surface area contributed by atoms with Gasteiger partial charge >= 0.3 is 0 Å². The molecule has 0 aliphatic heterocycles. The van der Waals surface area contributed by atoms with Gasteiger partial charge in [0, 0.05) is 17.5 Å². The summed E-state index contributed by atoms with van der Waals surface area (Å²) in [6.07, 6.45) is 5.23. The predicted octanol–water partition coefficient (Wildman–Crippen LogP) is 4.29. The average Bonchev–Trinajstić information content (AvgIpc) is 2.86. The Morgan fingerprint density at radius 3 is 2.67 bits per heavy atom. The number of methoxy groups -OCH3 is 1. The first-order valence-corrected chi connectivity index (χ1v) is 10.8. The van der Waals surface area contributed by atoms with Crippen LogP contribution >= 0.6 is 11.3 Å². The van der Waals surface area contributed by atoms with Gasteiger partial charge in [0.1, 0.15) is 22.9 Å². The summed E-state index contributed by atoms with van der Waals surface area (Å²) in [4.78, 5) is 25.4. The van der Waals surface area contributed by atoms with E-state index < -0.39 is 6.04 Å². The molecular weight excluding hydrogens is 400 g/mol. The van der Waals surface area contributed by atoms with E-state index in [0.29, 0.717) is 27.7 Å². The number of benzene rings is 1. The number of carbonyl (C=O) groups excluding carboxylic acids is 2. The minimum atomic E-state index is -0.583. The molecule has 0 radical (unpaired) electrons. The van der Waals surface area contributed by atoms with E-state index in [9.17, 15) is 14.9 Å². The lowest BCUT2D eigenvalue weighted by molar-refractivity contribution is -0.116. The normalized spacial score (nSPS) is 13.9. The highest BCUT2D eigenvalue weighted by molar-refractivity contribution is 7.16. The molecule has 2 aromatic rings. The van der Waals surface area contributed by atoms with Crippen molar-refractivity contribution in [1.82, 2.24) is 0 Å². The molecule has 7 nitrogen and oxygen atoms in total. The van der Waals surface area contributed by atoms with Gasteiger partial charge in [-0.25, -0.2) is 0 Å². The predicted molar refractivity (Wildman–Crippen MR) is 119 cm³/mol. The Hall–Kier alpha value is -3.05. The number of thiophene rings is 1. The molecule has 0 bridgehead atoms. The summed E-state index contributed by atoms with van der Waals surface area (Å²) in [5.41, 5.74) is 2.89. The number of hydrogen-bond donors (Lipinski definition) is 3. The fourth-order valence-electron chi connectivity index (χ4n) is 3.57. The van der Waals surface area contributed by atoms with E-state index in [-0.39, 0.29) is 11.8 Å². The van der Waals surface area contributed by atoms with E-state index >= 15 is 0 Å². The van der Waals surface area contributed by atoms with Crippen LogP contribution in [0.5, 0.6) is 5.75 Å². The fourth-order valence-corrected chi connectivity index (χ4v) is 4.81. The molecule has 3 N–H and O–H groups in total.